The van der Waals surface area contributed by atoms with Gasteiger partial charge in [-0.25, -0.2) is 4.79 Å². The van der Waals surface area contributed by atoms with Crippen LogP contribution < -0.4 is 10.6 Å². The Morgan fingerprint density at radius 2 is 1.68 bits per heavy atom. The predicted octanol–water partition coefficient (Wildman–Crippen LogP) is 4.60. The van der Waals surface area contributed by atoms with Crippen molar-refractivity contribution in [3.63, 3.8) is 0 Å². The molecule has 34 heavy (non-hydrogen) atoms. The molecular formula is C27H32N2O5. The fourth-order valence-electron chi connectivity index (χ4n) is 5.17. The van der Waals surface area contributed by atoms with E-state index in [9.17, 15) is 14.4 Å². The zero-order chi connectivity index (χ0) is 24.1. The smallest absolute Gasteiger partial charge is 0.407 e. The predicted molar refractivity (Wildman–Crippen MR) is 128 cm³/mol. The second-order valence-corrected chi connectivity index (χ2v) is 9.41. The number of carbonyl (C=O) groups is 3. The monoisotopic (exact) mass is 464 g/mol. The van der Waals surface area contributed by atoms with Crippen molar-refractivity contribution in [3.8, 4) is 11.1 Å². The number of aliphatic carboxylic acids is 1. The zero-order valence-electron chi connectivity index (χ0n) is 19.5. The molecule has 2 aliphatic carbocycles. The van der Waals surface area contributed by atoms with Gasteiger partial charge in [0.2, 0.25) is 5.91 Å². The number of hydrogen-bond acceptors (Lipinski definition) is 4. The highest BCUT2D eigenvalue weighted by atomic mass is 16.5. The van der Waals surface area contributed by atoms with Crippen LogP contribution in [-0.4, -0.2) is 41.3 Å². The van der Waals surface area contributed by atoms with E-state index in [2.05, 4.69) is 34.9 Å². The summed E-state index contributed by atoms with van der Waals surface area (Å²) in [7, 11) is 0. The van der Waals surface area contributed by atoms with Crippen LogP contribution in [0.15, 0.2) is 48.5 Å². The van der Waals surface area contributed by atoms with Crippen molar-refractivity contribution in [2.24, 2.45) is 0 Å². The Kier molecular flexibility index (Phi) is 7.20. The van der Waals surface area contributed by atoms with Crippen LogP contribution in [0, 0.1) is 0 Å². The molecule has 3 N–H and O–H groups in total. The molecule has 7 nitrogen and oxygen atoms in total. The van der Waals surface area contributed by atoms with Gasteiger partial charge in [-0.1, -0.05) is 61.9 Å². The van der Waals surface area contributed by atoms with Gasteiger partial charge in [0, 0.05) is 18.4 Å². The highest BCUT2D eigenvalue weighted by Crippen LogP contribution is 2.44. The molecule has 0 bridgehead atoms. The van der Waals surface area contributed by atoms with E-state index in [1.807, 2.05) is 31.2 Å². The third-order valence-electron chi connectivity index (χ3n) is 6.94. The normalized spacial score (nSPS) is 16.5. The van der Waals surface area contributed by atoms with Gasteiger partial charge in [-0.2, -0.15) is 0 Å². The van der Waals surface area contributed by atoms with E-state index in [4.69, 9.17) is 9.84 Å². The third-order valence-corrected chi connectivity index (χ3v) is 6.94. The second-order valence-electron chi connectivity index (χ2n) is 9.41. The summed E-state index contributed by atoms with van der Waals surface area (Å²) in [4.78, 5) is 36.5. The highest BCUT2D eigenvalue weighted by Gasteiger charge is 2.41. The number of rotatable bonds is 10. The molecule has 180 valence electrons. The third kappa shape index (κ3) is 5.24. The number of nitrogens with one attached hydrogen (secondary N) is 2. The maximum atomic E-state index is 12.7. The van der Waals surface area contributed by atoms with Gasteiger partial charge in [-0.3, -0.25) is 9.59 Å². The Morgan fingerprint density at radius 3 is 2.21 bits per heavy atom. The maximum Gasteiger partial charge on any atom is 0.407 e. The number of ether oxygens (including phenoxy) is 1. The lowest BCUT2D eigenvalue weighted by Gasteiger charge is -2.41. The molecule has 1 saturated carbocycles. The summed E-state index contributed by atoms with van der Waals surface area (Å²) < 4.78 is 5.67. The number of carboxylic acid groups (broad SMARTS) is 1. The van der Waals surface area contributed by atoms with Crippen LogP contribution in [-0.2, 0) is 14.3 Å². The van der Waals surface area contributed by atoms with E-state index < -0.39 is 23.6 Å². The number of carboxylic acids is 1. The zero-order valence-corrected chi connectivity index (χ0v) is 19.5. The van der Waals surface area contributed by atoms with Crippen molar-refractivity contribution in [1.82, 2.24) is 10.6 Å². The van der Waals surface area contributed by atoms with Crippen molar-refractivity contribution in [3.05, 3.63) is 59.7 Å². The van der Waals surface area contributed by atoms with Crippen molar-refractivity contribution in [2.45, 2.75) is 69.4 Å². The summed E-state index contributed by atoms with van der Waals surface area (Å²) in [6.45, 7) is 2.17. The molecule has 2 amide bonds. The van der Waals surface area contributed by atoms with Gasteiger partial charge in [0.05, 0.1) is 12.0 Å². The molecule has 0 aliphatic heterocycles. The largest absolute Gasteiger partial charge is 0.481 e. The number of amides is 2. The number of alkyl carbamates (subject to hydrolysis) is 1. The number of hydrogen-bond donors (Lipinski definition) is 3. The Bertz CT molecular complexity index is 1020. The van der Waals surface area contributed by atoms with Gasteiger partial charge in [-0.05, 0) is 47.9 Å². The Balaban J connectivity index is 1.35. The van der Waals surface area contributed by atoms with E-state index in [0.29, 0.717) is 19.3 Å². The Hall–Kier alpha value is -3.35. The molecule has 2 aromatic rings. The van der Waals surface area contributed by atoms with Gasteiger partial charge in [-0.15, -0.1) is 0 Å². The molecule has 2 aliphatic rings. The van der Waals surface area contributed by atoms with E-state index in [0.717, 1.165) is 24.0 Å². The lowest BCUT2D eigenvalue weighted by Crippen LogP contribution is -2.56. The van der Waals surface area contributed by atoms with E-state index >= 15 is 0 Å². The topological polar surface area (TPSA) is 105 Å². The molecule has 1 fully saturated rings. The minimum Gasteiger partial charge on any atom is -0.481 e. The molecule has 7 heteroatoms. The van der Waals surface area contributed by atoms with Crippen LogP contribution in [0.1, 0.15) is 68.9 Å². The number of fused-ring (bicyclic) bond motifs is 3. The minimum absolute atomic E-state index is 0.0235. The molecular weight excluding hydrogens is 432 g/mol. The molecule has 0 radical (unpaired) electrons. The van der Waals surface area contributed by atoms with Crippen molar-refractivity contribution in [2.75, 3.05) is 6.61 Å². The summed E-state index contributed by atoms with van der Waals surface area (Å²) in [5, 5.41) is 14.9. The molecule has 0 aromatic heterocycles. The molecule has 0 saturated heterocycles. The number of carbonyl (C=O) groups excluding carboxylic acids is 2. The van der Waals surface area contributed by atoms with Crippen molar-refractivity contribution < 1.29 is 24.2 Å². The first-order valence-corrected chi connectivity index (χ1v) is 12.0. The molecule has 4 rings (SSSR count). The van der Waals surface area contributed by atoms with Gasteiger partial charge >= 0.3 is 12.1 Å². The van der Waals surface area contributed by atoms with Crippen LogP contribution in [0.2, 0.25) is 0 Å². The van der Waals surface area contributed by atoms with Crippen LogP contribution in [0.25, 0.3) is 11.1 Å². The first-order chi connectivity index (χ1) is 16.4. The lowest BCUT2D eigenvalue weighted by atomic mass is 9.74. The average Bonchev–Trinajstić information content (AvgIpc) is 3.09. The average molecular weight is 465 g/mol. The molecule has 2 aromatic carbocycles. The SMILES string of the molecule is CCC[C@H](CC(=O)O)NC(=O)CC1(NC(=O)OCC2c3ccccc3-c3ccccc32)CCC1. The fourth-order valence-corrected chi connectivity index (χ4v) is 5.17. The first-order valence-electron chi connectivity index (χ1n) is 12.0. The van der Waals surface area contributed by atoms with E-state index in [1.165, 1.54) is 11.1 Å². The minimum atomic E-state index is -0.936. The lowest BCUT2D eigenvalue weighted by molar-refractivity contribution is -0.137. The van der Waals surface area contributed by atoms with Crippen molar-refractivity contribution >= 4 is 18.0 Å². The van der Waals surface area contributed by atoms with Crippen LogP contribution in [0.5, 0.6) is 0 Å². The van der Waals surface area contributed by atoms with Gasteiger partial charge in [0.1, 0.15) is 6.61 Å². The summed E-state index contributed by atoms with van der Waals surface area (Å²) in [5.74, 6) is -1.20. The summed E-state index contributed by atoms with van der Waals surface area (Å²) in [5.41, 5.74) is 4.00. The second kappa shape index (κ2) is 10.3. The summed E-state index contributed by atoms with van der Waals surface area (Å²) >= 11 is 0. The van der Waals surface area contributed by atoms with Gasteiger partial charge in [0.15, 0.2) is 0 Å². The van der Waals surface area contributed by atoms with E-state index in [-0.39, 0.29) is 31.3 Å². The van der Waals surface area contributed by atoms with Gasteiger partial charge in [0.25, 0.3) is 0 Å². The molecule has 1 atom stereocenters. The van der Waals surface area contributed by atoms with Crippen LogP contribution >= 0.6 is 0 Å². The molecule has 0 unspecified atom stereocenters. The Labute approximate surface area is 199 Å². The van der Waals surface area contributed by atoms with Crippen molar-refractivity contribution in [1.29, 1.82) is 0 Å². The standard InChI is InChI=1S/C27H32N2O5/c1-2-8-18(15-25(31)32)28-24(30)16-27(13-7-14-27)29-26(33)34-17-23-21-11-5-3-9-19(21)20-10-4-6-12-22(20)23/h3-6,9-12,18,23H,2,7-8,13-17H2,1H3,(H,28,30)(H,29,33)(H,31,32)/t18-/m1/s1. The molecule has 0 heterocycles. The quantitative estimate of drug-likeness (QED) is 0.477. The summed E-state index contributed by atoms with van der Waals surface area (Å²) in [6.07, 6.45) is 3.19. The molecule has 0 spiro atoms. The van der Waals surface area contributed by atoms with Gasteiger partial charge < -0.3 is 20.5 Å². The highest BCUT2D eigenvalue weighted by molar-refractivity contribution is 5.81. The van der Waals surface area contributed by atoms with E-state index in [1.54, 1.807) is 0 Å². The Morgan fingerprint density at radius 1 is 1.06 bits per heavy atom. The van der Waals surface area contributed by atoms with Crippen LogP contribution in [0.3, 0.4) is 0 Å². The first kappa shape index (κ1) is 23.8. The van der Waals surface area contributed by atoms with Crippen LogP contribution in [0.4, 0.5) is 4.79 Å². The summed E-state index contributed by atoms with van der Waals surface area (Å²) in [6, 6.07) is 15.9. The fraction of sp³-hybridized carbons (Fsp3) is 0.444. The maximum absolute atomic E-state index is 12.7. The number of benzene rings is 2.